The highest BCUT2D eigenvalue weighted by atomic mass is 19.4. The Hall–Kier alpha value is -1.90. The Bertz CT molecular complexity index is 408. The van der Waals surface area contributed by atoms with Crippen molar-refractivity contribution in [1.29, 1.82) is 0 Å². The molecule has 1 aromatic heterocycles. The largest absolute Gasteiger partial charge is 0.467 e. The van der Waals surface area contributed by atoms with Gasteiger partial charge in [-0.3, -0.25) is 0 Å². The second-order valence-electron chi connectivity index (χ2n) is 3.20. The molecule has 100 valence electrons. The monoisotopic (exact) mass is 265 g/mol. The normalized spacial score (nSPS) is 12.9. The Morgan fingerprint density at radius 3 is 2.56 bits per heavy atom. The minimum absolute atomic E-state index is 0.0764. The van der Waals surface area contributed by atoms with Crippen LogP contribution in [0.15, 0.2) is 12.1 Å². The summed E-state index contributed by atoms with van der Waals surface area (Å²) < 4.78 is 40.9. The Balaban J connectivity index is 2.77. The van der Waals surface area contributed by atoms with Gasteiger partial charge in [-0.15, -0.1) is 10.2 Å². The number of alkyl halides is 3. The molecular formula is C9H10F3N3O3. The third kappa shape index (κ3) is 3.55. The number of esters is 1. The van der Waals surface area contributed by atoms with Crippen LogP contribution in [0.1, 0.15) is 5.69 Å². The Morgan fingerprint density at radius 2 is 2.17 bits per heavy atom. The number of rotatable bonds is 4. The lowest BCUT2D eigenvalue weighted by Gasteiger charge is -2.14. The van der Waals surface area contributed by atoms with E-state index >= 15 is 0 Å². The van der Waals surface area contributed by atoms with Crippen LogP contribution in [-0.4, -0.2) is 41.0 Å². The number of nitrogens with one attached hydrogen (secondary N) is 1. The van der Waals surface area contributed by atoms with Gasteiger partial charge in [0.2, 0.25) is 0 Å². The highest BCUT2D eigenvalue weighted by Gasteiger charge is 2.33. The van der Waals surface area contributed by atoms with E-state index in [0.29, 0.717) is 6.07 Å². The number of aliphatic hydroxyl groups is 1. The van der Waals surface area contributed by atoms with Crippen molar-refractivity contribution in [2.75, 3.05) is 19.0 Å². The van der Waals surface area contributed by atoms with Crippen LogP contribution in [0, 0.1) is 0 Å². The number of carbonyl (C=O) groups excluding carboxylic acids is 1. The predicted octanol–water partition coefficient (Wildman–Crippen LogP) is 0.441. The van der Waals surface area contributed by atoms with Gasteiger partial charge in [0.1, 0.15) is 11.9 Å². The van der Waals surface area contributed by atoms with Gasteiger partial charge in [-0.1, -0.05) is 0 Å². The van der Waals surface area contributed by atoms with Gasteiger partial charge >= 0.3 is 12.1 Å². The molecule has 1 aromatic rings. The van der Waals surface area contributed by atoms with Gasteiger partial charge < -0.3 is 15.2 Å². The lowest BCUT2D eigenvalue weighted by atomic mass is 10.3. The van der Waals surface area contributed by atoms with Crippen molar-refractivity contribution >= 4 is 11.8 Å². The molecule has 6 nitrogen and oxygen atoms in total. The highest BCUT2D eigenvalue weighted by Crippen LogP contribution is 2.27. The molecule has 0 amide bonds. The number of hydrogen-bond acceptors (Lipinski definition) is 6. The third-order valence-electron chi connectivity index (χ3n) is 1.95. The fraction of sp³-hybridized carbons (Fsp3) is 0.444. The maximum atomic E-state index is 12.2. The SMILES string of the molecule is COC(=O)C(CO)Nc1ccc(C(F)(F)F)nn1. The number of carbonyl (C=O) groups is 1. The van der Waals surface area contributed by atoms with Crippen LogP contribution in [0.5, 0.6) is 0 Å². The summed E-state index contributed by atoms with van der Waals surface area (Å²) in [4.78, 5) is 11.1. The van der Waals surface area contributed by atoms with Gasteiger partial charge in [0, 0.05) is 0 Å². The third-order valence-corrected chi connectivity index (χ3v) is 1.95. The van der Waals surface area contributed by atoms with Crippen molar-refractivity contribution in [2.45, 2.75) is 12.2 Å². The molecule has 18 heavy (non-hydrogen) atoms. The maximum absolute atomic E-state index is 12.2. The average molecular weight is 265 g/mol. The molecule has 0 bridgehead atoms. The summed E-state index contributed by atoms with van der Waals surface area (Å²) in [5, 5.41) is 17.5. The second-order valence-corrected chi connectivity index (χ2v) is 3.20. The van der Waals surface area contributed by atoms with E-state index in [-0.39, 0.29) is 5.82 Å². The average Bonchev–Trinajstić information content (AvgIpc) is 2.34. The van der Waals surface area contributed by atoms with Crippen molar-refractivity contribution < 1.29 is 27.8 Å². The molecule has 0 aliphatic rings. The first-order valence-corrected chi connectivity index (χ1v) is 4.74. The number of anilines is 1. The topological polar surface area (TPSA) is 84.3 Å². The van der Waals surface area contributed by atoms with Crippen LogP contribution in [0.4, 0.5) is 19.0 Å². The predicted molar refractivity (Wildman–Crippen MR) is 53.5 cm³/mol. The molecular weight excluding hydrogens is 255 g/mol. The zero-order valence-electron chi connectivity index (χ0n) is 9.23. The van der Waals surface area contributed by atoms with Crippen LogP contribution in [0.25, 0.3) is 0 Å². The van der Waals surface area contributed by atoms with Gasteiger partial charge in [-0.05, 0) is 12.1 Å². The Morgan fingerprint density at radius 1 is 1.50 bits per heavy atom. The van der Waals surface area contributed by atoms with Crippen molar-refractivity contribution in [3.05, 3.63) is 17.8 Å². The van der Waals surface area contributed by atoms with E-state index in [2.05, 4.69) is 20.3 Å². The zero-order chi connectivity index (χ0) is 13.8. The fourth-order valence-electron chi connectivity index (χ4n) is 1.06. The highest BCUT2D eigenvalue weighted by molar-refractivity contribution is 5.78. The van der Waals surface area contributed by atoms with Crippen LogP contribution in [0.2, 0.25) is 0 Å². The molecule has 1 unspecified atom stereocenters. The molecule has 9 heteroatoms. The van der Waals surface area contributed by atoms with Crippen LogP contribution in [0.3, 0.4) is 0 Å². The van der Waals surface area contributed by atoms with E-state index in [0.717, 1.165) is 13.2 Å². The molecule has 0 spiro atoms. The lowest BCUT2D eigenvalue weighted by molar-refractivity contribution is -0.143. The van der Waals surface area contributed by atoms with Crippen LogP contribution < -0.4 is 5.32 Å². The Labute approximate surface area is 99.8 Å². The number of hydrogen-bond donors (Lipinski definition) is 2. The van der Waals surface area contributed by atoms with E-state index in [1.54, 1.807) is 0 Å². The van der Waals surface area contributed by atoms with Crippen molar-refractivity contribution in [1.82, 2.24) is 10.2 Å². The zero-order valence-corrected chi connectivity index (χ0v) is 9.23. The molecule has 0 saturated heterocycles. The molecule has 1 atom stereocenters. The van der Waals surface area contributed by atoms with E-state index in [1.807, 2.05) is 0 Å². The summed E-state index contributed by atoms with van der Waals surface area (Å²) >= 11 is 0. The minimum atomic E-state index is -4.58. The first-order valence-electron chi connectivity index (χ1n) is 4.74. The number of halogens is 3. The maximum Gasteiger partial charge on any atom is 0.435 e. The van der Waals surface area contributed by atoms with Crippen molar-refractivity contribution in [2.24, 2.45) is 0 Å². The standard InChI is InChI=1S/C9H10F3N3O3/c1-18-8(17)5(4-16)13-7-3-2-6(14-15-7)9(10,11)12/h2-3,5,16H,4H2,1H3,(H,13,15). The summed E-state index contributed by atoms with van der Waals surface area (Å²) in [5.41, 5.74) is -1.15. The van der Waals surface area contributed by atoms with Gasteiger partial charge in [-0.2, -0.15) is 13.2 Å². The van der Waals surface area contributed by atoms with Crippen molar-refractivity contribution in [3.63, 3.8) is 0 Å². The lowest BCUT2D eigenvalue weighted by Crippen LogP contribution is -2.34. The van der Waals surface area contributed by atoms with E-state index < -0.39 is 30.5 Å². The summed E-state index contributed by atoms with van der Waals surface area (Å²) in [6.45, 7) is -0.588. The van der Waals surface area contributed by atoms with Gasteiger partial charge in [0.05, 0.1) is 13.7 Å². The van der Waals surface area contributed by atoms with Gasteiger partial charge in [0.25, 0.3) is 0 Å². The molecule has 1 heterocycles. The number of aliphatic hydroxyl groups excluding tert-OH is 1. The second kappa shape index (κ2) is 5.63. The summed E-state index contributed by atoms with van der Waals surface area (Å²) in [5.74, 6) is -0.841. The van der Waals surface area contributed by atoms with E-state index in [9.17, 15) is 18.0 Å². The molecule has 0 aliphatic heterocycles. The molecule has 1 rings (SSSR count). The minimum Gasteiger partial charge on any atom is -0.467 e. The number of ether oxygens (including phenoxy) is 1. The number of nitrogens with zero attached hydrogens (tertiary/aromatic N) is 2. The molecule has 0 aliphatic carbocycles. The first-order chi connectivity index (χ1) is 8.38. The molecule has 0 saturated carbocycles. The smallest absolute Gasteiger partial charge is 0.435 e. The molecule has 2 N–H and O–H groups in total. The number of aromatic nitrogens is 2. The summed E-state index contributed by atoms with van der Waals surface area (Å²) in [6.07, 6.45) is -4.58. The van der Waals surface area contributed by atoms with Gasteiger partial charge in [0.15, 0.2) is 5.69 Å². The quantitative estimate of drug-likeness (QED) is 0.768. The van der Waals surface area contributed by atoms with Gasteiger partial charge in [-0.25, -0.2) is 4.79 Å². The summed E-state index contributed by atoms with van der Waals surface area (Å²) in [7, 11) is 1.12. The molecule has 0 fully saturated rings. The molecule has 0 aromatic carbocycles. The van der Waals surface area contributed by atoms with Crippen LogP contribution >= 0.6 is 0 Å². The molecule has 0 radical (unpaired) electrons. The first kappa shape index (κ1) is 14.2. The fourth-order valence-corrected chi connectivity index (χ4v) is 1.06. The van der Waals surface area contributed by atoms with E-state index in [4.69, 9.17) is 5.11 Å². The summed E-state index contributed by atoms with van der Waals surface area (Å²) in [6, 6.07) is 0.601. The Kier molecular flexibility index (Phi) is 4.43. The van der Waals surface area contributed by atoms with Crippen molar-refractivity contribution in [3.8, 4) is 0 Å². The number of methoxy groups -OCH3 is 1. The van der Waals surface area contributed by atoms with Crippen LogP contribution in [-0.2, 0) is 15.7 Å². The van der Waals surface area contributed by atoms with E-state index in [1.165, 1.54) is 0 Å².